The third-order valence-electron chi connectivity index (χ3n) is 9.53. The summed E-state index contributed by atoms with van der Waals surface area (Å²) in [6, 6.07) is 2.02. The van der Waals surface area contributed by atoms with E-state index in [1.165, 1.54) is 31.4 Å². The van der Waals surface area contributed by atoms with Crippen LogP contribution in [0.2, 0.25) is 0 Å². The van der Waals surface area contributed by atoms with Crippen LogP contribution in [0.4, 0.5) is 17.6 Å². The lowest BCUT2D eigenvalue weighted by Crippen LogP contribution is -2.47. The number of rotatable bonds is 3. The molecule has 1 aliphatic heterocycles. The fraction of sp³-hybridized carbons (Fsp3) is 0.500. The number of carbonyl (C=O) groups is 2. The van der Waals surface area contributed by atoms with Gasteiger partial charge in [-0.3, -0.25) is 14.4 Å². The first-order valence-electron chi connectivity index (χ1n) is 14.5. The van der Waals surface area contributed by atoms with Crippen molar-refractivity contribution >= 4 is 22.6 Å². The second-order valence-electron chi connectivity index (χ2n) is 13.1. The summed E-state index contributed by atoms with van der Waals surface area (Å²) in [5, 5.41) is 14.5. The van der Waals surface area contributed by atoms with Gasteiger partial charge < -0.3 is 15.0 Å². The maximum Gasteiger partial charge on any atom is 0.400 e. The number of aliphatic hydroxyl groups is 1. The number of fused-ring (bicyclic) bond motifs is 5. The van der Waals surface area contributed by atoms with Crippen LogP contribution >= 0.6 is 0 Å². The van der Waals surface area contributed by atoms with E-state index in [0.29, 0.717) is 51.0 Å². The Morgan fingerprint density at radius 3 is 2.47 bits per heavy atom. The Balaban J connectivity index is 1.58. The quantitative estimate of drug-likeness (QED) is 0.311. The number of hydrogen-bond acceptors (Lipinski definition) is 5. The van der Waals surface area contributed by atoms with Crippen molar-refractivity contribution in [2.24, 2.45) is 11.3 Å². The van der Waals surface area contributed by atoms with Crippen molar-refractivity contribution in [1.82, 2.24) is 14.9 Å². The second-order valence-corrected chi connectivity index (χ2v) is 13.1. The zero-order valence-electron chi connectivity index (χ0n) is 24.6. The highest BCUT2D eigenvalue weighted by atomic mass is 19.4. The minimum Gasteiger partial charge on any atom is -0.377 e. The number of amides is 1. The molecule has 1 aromatic carbocycles. The number of halogens is 4. The number of ketones is 1. The molecule has 3 heterocycles. The number of aromatic nitrogens is 2. The van der Waals surface area contributed by atoms with Gasteiger partial charge in [0.15, 0.2) is 5.78 Å². The predicted molar refractivity (Wildman–Crippen MR) is 151 cm³/mol. The summed E-state index contributed by atoms with van der Waals surface area (Å²) in [5.74, 6) is -4.28. The summed E-state index contributed by atoms with van der Waals surface area (Å²) in [7, 11) is 0. The van der Waals surface area contributed by atoms with E-state index in [2.05, 4.69) is 5.32 Å². The summed E-state index contributed by atoms with van der Waals surface area (Å²) in [6.45, 7) is 7.42. The molecule has 1 amide bonds. The molecule has 0 fully saturated rings. The number of benzene rings is 1. The van der Waals surface area contributed by atoms with Gasteiger partial charge in [-0.25, -0.2) is 9.37 Å². The smallest absolute Gasteiger partial charge is 0.377 e. The van der Waals surface area contributed by atoms with Gasteiger partial charge in [0, 0.05) is 34.6 Å². The van der Waals surface area contributed by atoms with Crippen molar-refractivity contribution in [3.8, 4) is 11.4 Å². The van der Waals surface area contributed by atoms with E-state index in [0.717, 1.165) is 0 Å². The monoisotopic (exact) mass is 599 g/mol. The van der Waals surface area contributed by atoms with Crippen LogP contribution < -0.4 is 10.9 Å². The molecular weight excluding hydrogens is 566 g/mol. The molecule has 0 saturated carbocycles. The lowest BCUT2D eigenvalue weighted by molar-refractivity contribution is -0.202. The molecule has 6 rings (SSSR count). The molecule has 3 aliphatic rings. The minimum absolute atomic E-state index is 0.0242. The number of pyridine rings is 2. The minimum atomic E-state index is -4.78. The van der Waals surface area contributed by atoms with E-state index >= 15 is 4.39 Å². The van der Waals surface area contributed by atoms with Crippen LogP contribution in [0, 0.1) is 24.1 Å². The van der Waals surface area contributed by atoms with Gasteiger partial charge in [0.05, 0.1) is 29.5 Å². The molecule has 0 spiro atoms. The van der Waals surface area contributed by atoms with Crippen LogP contribution in [0.5, 0.6) is 0 Å². The number of aryl methyl sites for hydroxylation is 1. The van der Waals surface area contributed by atoms with Crippen molar-refractivity contribution in [3.63, 3.8) is 0 Å². The van der Waals surface area contributed by atoms with Crippen LogP contribution in [0.1, 0.15) is 86.4 Å². The molecule has 3 aromatic rings. The summed E-state index contributed by atoms with van der Waals surface area (Å²) in [6.07, 6.45) is -3.96. The molecule has 2 unspecified atom stereocenters. The standard InChI is InChI=1S/C32H33F4N3O4/c1-6-31(43)18-11-22-26-17(13-39(22)29(42)16(18)8-10-23(31)40)25-20(38-28(41)27(30(3,4)5)32(34,35)36)9-7-15-14(2)19(33)12-21(37-26)24(15)25/h11-12,20,27,43H,6-10,13H2,1-5H3,(H,38,41)/t20?,27?,31-/m0/s1. The number of Topliss-reactive ketones (excluding diaryl/α,β-unsaturated/α-hetero) is 1. The highest BCUT2D eigenvalue weighted by Crippen LogP contribution is 2.47. The first-order valence-corrected chi connectivity index (χ1v) is 14.5. The molecule has 0 radical (unpaired) electrons. The predicted octanol–water partition coefficient (Wildman–Crippen LogP) is 5.31. The number of nitrogens with zero attached hydrogens (tertiary/aromatic N) is 2. The Kier molecular flexibility index (Phi) is 6.48. The Morgan fingerprint density at radius 1 is 1.14 bits per heavy atom. The van der Waals surface area contributed by atoms with E-state index in [9.17, 15) is 32.7 Å². The van der Waals surface area contributed by atoms with Gasteiger partial charge in [-0.05, 0) is 60.8 Å². The zero-order valence-corrected chi connectivity index (χ0v) is 24.6. The van der Waals surface area contributed by atoms with Crippen LogP contribution in [-0.4, -0.2) is 32.5 Å². The highest BCUT2D eigenvalue weighted by Gasteiger charge is 2.52. The third-order valence-corrected chi connectivity index (χ3v) is 9.53. The lowest BCUT2D eigenvalue weighted by atomic mass is 9.76. The van der Waals surface area contributed by atoms with Gasteiger partial charge in [-0.2, -0.15) is 13.2 Å². The van der Waals surface area contributed by atoms with Crippen molar-refractivity contribution < 1.29 is 32.3 Å². The van der Waals surface area contributed by atoms with Gasteiger partial charge in [0.2, 0.25) is 5.91 Å². The van der Waals surface area contributed by atoms with Crippen LogP contribution in [0.15, 0.2) is 16.9 Å². The summed E-state index contributed by atoms with van der Waals surface area (Å²) < 4.78 is 58.9. The van der Waals surface area contributed by atoms with E-state index in [-0.39, 0.29) is 54.7 Å². The van der Waals surface area contributed by atoms with Gasteiger partial charge in [0.25, 0.3) is 5.56 Å². The average Bonchev–Trinajstić information content (AvgIpc) is 3.27. The van der Waals surface area contributed by atoms with Gasteiger partial charge in [-0.1, -0.05) is 27.7 Å². The maximum absolute atomic E-state index is 15.1. The molecule has 0 saturated heterocycles. The molecule has 0 bridgehead atoms. The van der Waals surface area contributed by atoms with Crippen molar-refractivity contribution in [2.75, 3.05) is 0 Å². The maximum atomic E-state index is 15.1. The van der Waals surface area contributed by atoms with Crippen LogP contribution in [0.25, 0.3) is 22.3 Å². The Labute approximate surface area is 245 Å². The number of alkyl halides is 3. The first-order chi connectivity index (χ1) is 20.0. The Hall–Kier alpha value is -3.60. The molecule has 3 atom stereocenters. The topological polar surface area (TPSA) is 101 Å². The average molecular weight is 600 g/mol. The summed E-state index contributed by atoms with van der Waals surface area (Å²) in [5.41, 5.74) is -0.000735. The number of nitrogens with one attached hydrogen (secondary N) is 1. The van der Waals surface area contributed by atoms with E-state index in [1.54, 1.807) is 19.9 Å². The molecule has 7 nitrogen and oxygen atoms in total. The fourth-order valence-electron chi connectivity index (χ4n) is 7.37. The fourth-order valence-corrected chi connectivity index (χ4v) is 7.37. The van der Waals surface area contributed by atoms with E-state index < -0.39 is 40.9 Å². The van der Waals surface area contributed by atoms with Crippen LogP contribution in [-0.2, 0) is 34.6 Å². The SMILES string of the molecule is CC[C@@]1(O)C(=O)CCc2c1cc1n(c2=O)Cc2c-1nc1cc(F)c(C)c3c1c2C(NC(=O)C(C(C)(C)C)C(F)(F)F)CC3. The third kappa shape index (κ3) is 4.25. The number of hydrogen-bond donors (Lipinski definition) is 2. The molecule has 2 aromatic heterocycles. The van der Waals surface area contributed by atoms with Crippen molar-refractivity contribution in [1.29, 1.82) is 0 Å². The van der Waals surface area contributed by atoms with Crippen molar-refractivity contribution in [3.05, 3.63) is 61.7 Å². The van der Waals surface area contributed by atoms with Crippen LogP contribution in [0.3, 0.4) is 0 Å². The zero-order chi connectivity index (χ0) is 31.4. The first kappa shape index (κ1) is 29.5. The molecule has 228 valence electrons. The van der Waals surface area contributed by atoms with Gasteiger partial charge >= 0.3 is 6.18 Å². The van der Waals surface area contributed by atoms with Crippen molar-refractivity contribution in [2.45, 2.75) is 91.1 Å². The number of carbonyl (C=O) groups excluding carboxylic acids is 2. The second kappa shape index (κ2) is 9.45. The summed E-state index contributed by atoms with van der Waals surface area (Å²) in [4.78, 5) is 44.6. The molecule has 43 heavy (non-hydrogen) atoms. The molecule has 11 heteroatoms. The lowest BCUT2D eigenvalue weighted by Gasteiger charge is -2.35. The Bertz CT molecular complexity index is 1790. The van der Waals surface area contributed by atoms with Gasteiger partial charge in [-0.15, -0.1) is 0 Å². The Morgan fingerprint density at radius 2 is 1.84 bits per heavy atom. The molecular formula is C32H33F4N3O4. The van der Waals surface area contributed by atoms with E-state index in [1.807, 2.05) is 0 Å². The largest absolute Gasteiger partial charge is 0.400 e. The molecule has 2 aliphatic carbocycles. The van der Waals surface area contributed by atoms with Gasteiger partial charge in [0.1, 0.15) is 17.3 Å². The summed E-state index contributed by atoms with van der Waals surface area (Å²) >= 11 is 0. The molecule has 2 N–H and O–H groups in total. The van der Waals surface area contributed by atoms with E-state index in [4.69, 9.17) is 4.98 Å². The highest BCUT2D eigenvalue weighted by molar-refractivity contribution is 5.94. The normalized spacial score (nSPS) is 21.8.